The number of aliphatic hydroxyl groups is 1. The molecule has 1 saturated carbocycles. The van der Waals surface area contributed by atoms with Crippen LogP contribution in [0.25, 0.3) is 0 Å². The second-order valence-electron chi connectivity index (χ2n) is 10.2. The van der Waals surface area contributed by atoms with E-state index in [1.807, 2.05) is 0 Å². The molecule has 4 atom stereocenters. The van der Waals surface area contributed by atoms with Crippen LogP contribution in [0.5, 0.6) is 0 Å². The summed E-state index contributed by atoms with van der Waals surface area (Å²) in [4.78, 5) is 25.2. The largest absolute Gasteiger partial charge is 0.505 e. The molecular weight excluding hydrogens is 414 g/mol. The number of hydrogen-bond donors (Lipinski definition) is 2. The SMILES string of the molecule is CC1=CCCC2C1(C)CCC(C)C2(C)CC1=C(O)C(NCCS(C)(=O)=O)=CC(=O)C1=O. The molecule has 0 aromatic carbocycles. The number of sulfone groups is 1. The fourth-order valence-electron chi connectivity index (χ4n) is 5.94. The molecule has 2 N–H and O–H groups in total. The summed E-state index contributed by atoms with van der Waals surface area (Å²) in [6.07, 6.45) is 9.03. The first-order valence-corrected chi connectivity index (χ1v) is 13.2. The number of rotatable bonds is 6. The molecule has 0 aliphatic heterocycles. The lowest BCUT2D eigenvalue weighted by molar-refractivity contribution is -0.132. The first-order chi connectivity index (χ1) is 14.3. The summed E-state index contributed by atoms with van der Waals surface area (Å²) in [5.74, 6) is -0.992. The van der Waals surface area contributed by atoms with Crippen LogP contribution in [-0.4, -0.2) is 43.6 Å². The van der Waals surface area contributed by atoms with E-state index in [1.54, 1.807) is 0 Å². The second-order valence-corrected chi connectivity index (χ2v) is 12.5. The van der Waals surface area contributed by atoms with Crippen molar-refractivity contribution in [3.05, 3.63) is 34.8 Å². The minimum Gasteiger partial charge on any atom is -0.505 e. The third-order valence-electron chi connectivity index (χ3n) is 8.25. The molecule has 0 aromatic heterocycles. The molecule has 0 spiro atoms. The van der Waals surface area contributed by atoms with Gasteiger partial charge in [0.05, 0.1) is 11.4 Å². The van der Waals surface area contributed by atoms with Crippen LogP contribution < -0.4 is 5.32 Å². The van der Waals surface area contributed by atoms with Crippen LogP contribution in [0.4, 0.5) is 0 Å². The lowest BCUT2D eigenvalue weighted by atomic mass is 9.46. The van der Waals surface area contributed by atoms with Gasteiger partial charge in [0, 0.05) is 24.4 Å². The Morgan fingerprint density at radius 3 is 2.55 bits per heavy atom. The Kier molecular flexibility index (Phi) is 6.31. The summed E-state index contributed by atoms with van der Waals surface area (Å²) in [7, 11) is -3.19. The van der Waals surface area contributed by atoms with E-state index in [1.165, 1.54) is 5.57 Å². The van der Waals surface area contributed by atoms with Crippen LogP contribution >= 0.6 is 0 Å². The van der Waals surface area contributed by atoms with E-state index < -0.39 is 21.4 Å². The lowest BCUT2D eigenvalue weighted by Gasteiger charge is -2.58. The van der Waals surface area contributed by atoms with Crippen LogP contribution in [0.15, 0.2) is 34.8 Å². The molecule has 3 aliphatic rings. The van der Waals surface area contributed by atoms with Gasteiger partial charge in [0.2, 0.25) is 11.6 Å². The van der Waals surface area contributed by atoms with Crippen molar-refractivity contribution in [2.24, 2.45) is 22.7 Å². The van der Waals surface area contributed by atoms with Crippen molar-refractivity contribution in [1.29, 1.82) is 0 Å². The molecule has 0 saturated heterocycles. The Bertz CT molecular complexity index is 989. The van der Waals surface area contributed by atoms with E-state index in [2.05, 4.69) is 39.1 Å². The predicted molar refractivity (Wildman–Crippen MR) is 121 cm³/mol. The van der Waals surface area contributed by atoms with Crippen LogP contribution in [-0.2, 0) is 19.4 Å². The molecule has 3 rings (SSSR count). The standard InChI is InChI=1S/C24H35NO5S/c1-15-7-6-8-20-23(15,3)10-9-16(2)24(20,4)14-17-21(27)18(13-19(26)22(17)28)25-11-12-31(5,29)30/h7,13,16,20,25,27H,6,8-12,14H2,1-5H3. The highest BCUT2D eigenvalue weighted by atomic mass is 32.2. The zero-order chi connectivity index (χ0) is 23.2. The highest BCUT2D eigenvalue weighted by molar-refractivity contribution is 7.90. The Hall–Kier alpha value is -1.89. The number of carbonyl (C=O) groups is 2. The number of fused-ring (bicyclic) bond motifs is 1. The van der Waals surface area contributed by atoms with E-state index >= 15 is 0 Å². The molecule has 0 amide bonds. The van der Waals surface area contributed by atoms with Crippen LogP contribution in [0.1, 0.15) is 59.8 Å². The average molecular weight is 450 g/mol. The van der Waals surface area contributed by atoms with Gasteiger partial charge in [-0.05, 0) is 61.7 Å². The molecular formula is C24H35NO5S. The zero-order valence-electron chi connectivity index (χ0n) is 19.2. The van der Waals surface area contributed by atoms with Gasteiger partial charge < -0.3 is 10.4 Å². The molecule has 4 unspecified atom stereocenters. The first kappa shape index (κ1) is 23.8. The van der Waals surface area contributed by atoms with Gasteiger partial charge in [-0.3, -0.25) is 9.59 Å². The number of carbonyl (C=O) groups excluding carboxylic acids is 2. The normalized spacial score (nSPS) is 34.2. The summed E-state index contributed by atoms with van der Waals surface area (Å²) >= 11 is 0. The summed E-state index contributed by atoms with van der Waals surface area (Å²) < 4.78 is 22.8. The minimum atomic E-state index is -3.19. The minimum absolute atomic E-state index is 0.0574. The fraction of sp³-hybridized carbons (Fsp3) is 0.667. The second kappa shape index (κ2) is 8.23. The molecule has 0 heterocycles. The van der Waals surface area contributed by atoms with Crippen molar-refractivity contribution in [2.75, 3.05) is 18.6 Å². The maximum Gasteiger partial charge on any atom is 0.232 e. The zero-order valence-corrected chi connectivity index (χ0v) is 20.1. The van der Waals surface area contributed by atoms with E-state index in [9.17, 15) is 23.1 Å². The van der Waals surface area contributed by atoms with Crippen molar-refractivity contribution in [2.45, 2.75) is 59.8 Å². The Morgan fingerprint density at radius 1 is 1.23 bits per heavy atom. The number of nitrogens with one attached hydrogen (secondary N) is 1. The molecule has 7 heteroatoms. The van der Waals surface area contributed by atoms with Gasteiger partial charge in [0.25, 0.3) is 0 Å². The van der Waals surface area contributed by atoms with Crippen molar-refractivity contribution in [3.8, 4) is 0 Å². The van der Waals surface area contributed by atoms with Crippen LogP contribution in [0.2, 0.25) is 0 Å². The van der Waals surface area contributed by atoms with Crippen molar-refractivity contribution < 1.29 is 23.1 Å². The lowest BCUT2D eigenvalue weighted by Crippen LogP contribution is -2.50. The topological polar surface area (TPSA) is 101 Å². The first-order valence-electron chi connectivity index (χ1n) is 11.1. The van der Waals surface area contributed by atoms with Gasteiger partial charge in [-0.1, -0.05) is 32.4 Å². The summed E-state index contributed by atoms with van der Waals surface area (Å²) in [6.45, 7) is 8.97. The molecule has 6 nitrogen and oxygen atoms in total. The van der Waals surface area contributed by atoms with Crippen molar-refractivity contribution in [1.82, 2.24) is 5.32 Å². The van der Waals surface area contributed by atoms with Crippen molar-refractivity contribution >= 4 is 21.4 Å². The van der Waals surface area contributed by atoms with Crippen molar-refractivity contribution in [3.63, 3.8) is 0 Å². The van der Waals surface area contributed by atoms with E-state index in [-0.39, 0.29) is 40.2 Å². The molecule has 172 valence electrons. The Labute approximate surface area is 185 Å². The summed E-state index contributed by atoms with van der Waals surface area (Å²) in [5.41, 5.74) is 1.51. The predicted octanol–water partition coefficient (Wildman–Crippen LogP) is 3.66. The Balaban J connectivity index is 1.93. The maximum atomic E-state index is 12.8. The summed E-state index contributed by atoms with van der Waals surface area (Å²) in [5, 5.41) is 13.7. The van der Waals surface area contributed by atoms with Gasteiger partial charge in [0.1, 0.15) is 15.6 Å². The van der Waals surface area contributed by atoms with E-state index in [0.717, 1.165) is 38.0 Å². The number of allylic oxidation sites excluding steroid dienone is 4. The number of hydrogen-bond acceptors (Lipinski definition) is 6. The monoisotopic (exact) mass is 449 g/mol. The van der Waals surface area contributed by atoms with Gasteiger partial charge in [-0.25, -0.2) is 8.42 Å². The molecule has 0 radical (unpaired) electrons. The molecule has 1 fully saturated rings. The van der Waals surface area contributed by atoms with Gasteiger partial charge in [-0.15, -0.1) is 0 Å². The van der Waals surface area contributed by atoms with E-state index in [0.29, 0.717) is 18.3 Å². The molecule has 0 aromatic rings. The molecule has 3 aliphatic carbocycles. The smallest absolute Gasteiger partial charge is 0.232 e. The third-order valence-corrected chi connectivity index (χ3v) is 9.20. The highest BCUT2D eigenvalue weighted by Crippen LogP contribution is 2.62. The molecule has 31 heavy (non-hydrogen) atoms. The quantitative estimate of drug-likeness (QED) is 0.365. The van der Waals surface area contributed by atoms with E-state index in [4.69, 9.17) is 0 Å². The fourth-order valence-corrected chi connectivity index (χ4v) is 6.42. The van der Waals surface area contributed by atoms with Gasteiger partial charge in [0.15, 0.2) is 0 Å². The number of aliphatic hydroxyl groups excluding tert-OH is 1. The van der Waals surface area contributed by atoms with Crippen LogP contribution in [0.3, 0.4) is 0 Å². The Morgan fingerprint density at radius 2 is 1.90 bits per heavy atom. The maximum absolute atomic E-state index is 12.8. The van der Waals surface area contributed by atoms with Crippen LogP contribution in [0, 0.1) is 22.7 Å². The number of Topliss-reactive ketones (excluding diaryl/α,β-unsaturated/α-hetero) is 1. The molecule has 0 bridgehead atoms. The van der Waals surface area contributed by atoms with Gasteiger partial charge in [-0.2, -0.15) is 0 Å². The average Bonchev–Trinajstić information content (AvgIpc) is 2.67. The summed E-state index contributed by atoms with van der Waals surface area (Å²) in [6, 6.07) is 0. The van der Waals surface area contributed by atoms with Gasteiger partial charge >= 0.3 is 0 Å². The number of ketones is 2. The third kappa shape index (κ3) is 4.38. The highest BCUT2D eigenvalue weighted by Gasteiger charge is 2.54.